The second-order valence-corrected chi connectivity index (χ2v) is 5.88. The maximum absolute atomic E-state index is 4.89. The molecule has 0 N–H and O–H groups in total. The van der Waals surface area contributed by atoms with E-state index in [1.165, 1.54) is 10.8 Å². The van der Waals surface area contributed by atoms with Gasteiger partial charge in [0, 0.05) is 0 Å². The summed E-state index contributed by atoms with van der Waals surface area (Å²) in [6, 6.07) is 14.7. The van der Waals surface area contributed by atoms with Crippen LogP contribution >= 0.6 is 18.6 Å². The van der Waals surface area contributed by atoms with Crippen molar-refractivity contribution in [2.24, 2.45) is 0 Å². The third kappa shape index (κ3) is 6.38. The molecule has 0 amide bonds. The zero-order chi connectivity index (χ0) is 12.3. The molecule has 2 aromatic carbocycles. The maximum Gasteiger partial charge on any atom is -0.0809 e. The summed E-state index contributed by atoms with van der Waals surface area (Å²) in [5.74, 6) is 0. The van der Waals surface area contributed by atoms with Gasteiger partial charge in [0.2, 0.25) is 0 Å². The molecular formula is C12H12BCl2NTi-2. The van der Waals surface area contributed by atoms with Gasteiger partial charge in [-0.25, -0.2) is 0 Å². The number of nitrogens with zero attached hydrogens (tertiary/aromatic N) is 1. The van der Waals surface area contributed by atoms with Crippen molar-refractivity contribution in [3.05, 3.63) is 47.8 Å². The number of halogens is 2. The van der Waals surface area contributed by atoms with Crippen LogP contribution in [0, 0.1) is 0 Å². The molecule has 2 aromatic rings. The monoisotopic (exact) mass is 299 g/mol. The first-order chi connectivity index (χ1) is 8.38. The topological polar surface area (TPSA) is 14.1 Å². The molecule has 0 fully saturated rings. The quantitative estimate of drug-likeness (QED) is 0.511. The Balaban J connectivity index is 0.000000154. The van der Waals surface area contributed by atoms with Crippen LogP contribution in [0.5, 0.6) is 0 Å². The minimum absolute atomic E-state index is 0.556. The minimum Gasteiger partial charge on any atom is -0.168 e. The summed E-state index contributed by atoms with van der Waals surface area (Å²) in [5, 5.41) is 6.56. The molecule has 0 unspecified atom stereocenters. The molecule has 5 heteroatoms. The summed E-state index contributed by atoms with van der Waals surface area (Å²) in [6.07, 6.45) is 3.01. The van der Waals surface area contributed by atoms with E-state index in [4.69, 9.17) is 18.6 Å². The molecular weight excluding hydrogens is 288 g/mol. The molecule has 0 aliphatic carbocycles. The summed E-state index contributed by atoms with van der Waals surface area (Å²) >= 11 is -0.556. The molecule has 0 saturated carbocycles. The summed E-state index contributed by atoms with van der Waals surface area (Å²) in [5.41, 5.74) is 0. The van der Waals surface area contributed by atoms with Crippen LogP contribution in [0.1, 0.15) is 0 Å². The first kappa shape index (κ1) is 14.9. The van der Waals surface area contributed by atoms with Crippen molar-refractivity contribution in [3.63, 3.8) is 0 Å². The standard InChI is InChI=1S/C9H7.C3H5BN.2ClH.Ti/c1-2-5-9-7-3-6-8(9)4-1;1-2-5-3-4-1;;;/h1-7H;3H,1-2H2;2*1H;/q2*-1;;;+2/p-2. The van der Waals surface area contributed by atoms with E-state index in [1.807, 2.05) is 6.09 Å². The van der Waals surface area contributed by atoms with Gasteiger partial charge in [0.15, 0.2) is 0 Å². The van der Waals surface area contributed by atoms with Crippen LogP contribution in [0.3, 0.4) is 0 Å². The Hall–Kier alpha value is -0.141. The summed E-state index contributed by atoms with van der Waals surface area (Å²) in [4.78, 5) is 0. The van der Waals surface area contributed by atoms with Gasteiger partial charge in [0.05, 0.1) is 0 Å². The molecule has 0 bridgehead atoms. The molecule has 1 nitrogen and oxygen atoms in total. The van der Waals surface area contributed by atoms with Crippen LogP contribution in [0.4, 0.5) is 0 Å². The van der Waals surface area contributed by atoms with E-state index in [0.717, 1.165) is 12.9 Å². The van der Waals surface area contributed by atoms with Crippen LogP contribution < -0.4 is 0 Å². The van der Waals surface area contributed by atoms with Gasteiger partial charge < -0.3 is 0 Å². The predicted octanol–water partition coefficient (Wildman–Crippen LogP) is 4.19. The Morgan fingerprint density at radius 1 is 1.24 bits per heavy atom. The van der Waals surface area contributed by atoms with Crippen molar-refractivity contribution in [2.75, 3.05) is 6.54 Å². The number of rotatable bonds is 0. The SMILES string of the molecule is B1=C[N-]CC1.[Cl][Ti][Cl].c1ccc2[cH-]ccc2c1. The van der Waals surface area contributed by atoms with Crippen molar-refractivity contribution >= 4 is 42.4 Å². The van der Waals surface area contributed by atoms with E-state index in [1.54, 1.807) is 0 Å². The van der Waals surface area contributed by atoms with E-state index < -0.39 is 17.0 Å². The van der Waals surface area contributed by atoms with Crippen molar-refractivity contribution in [3.8, 4) is 0 Å². The van der Waals surface area contributed by atoms with Gasteiger partial charge in [-0.15, -0.1) is 29.7 Å². The molecule has 3 rings (SSSR count). The third-order valence-electron chi connectivity index (χ3n) is 2.18. The molecule has 0 aromatic heterocycles. The van der Waals surface area contributed by atoms with Crippen molar-refractivity contribution < 1.29 is 17.0 Å². The fourth-order valence-corrected chi connectivity index (χ4v) is 1.44. The van der Waals surface area contributed by atoms with Crippen LogP contribution in [-0.2, 0) is 17.0 Å². The summed E-state index contributed by atoms with van der Waals surface area (Å²) in [6.45, 7) is 3.08. The molecule has 1 aliphatic heterocycles. The maximum atomic E-state index is 4.89. The average Bonchev–Trinajstić information content (AvgIpc) is 3.05. The Bertz CT molecular complexity index is 409. The van der Waals surface area contributed by atoms with Crippen molar-refractivity contribution in [1.29, 1.82) is 0 Å². The van der Waals surface area contributed by atoms with Crippen LogP contribution in [0.15, 0.2) is 42.5 Å². The van der Waals surface area contributed by atoms with E-state index in [2.05, 4.69) is 54.7 Å². The van der Waals surface area contributed by atoms with Gasteiger partial charge >= 0.3 is 66.8 Å². The van der Waals surface area contributed by atoms with Crippen molar-refractivity contribution in [1.82, 2.24) is 0 Å². The van der Waals surface area contributed by atoms with Gasteiger partial charge in [-0.3, -0.25) is 0 Å². The molecule has 1 heterocycles. The third-order valence-corrected chi connectivity index (χ3v) is 2.18. The molecule has 88 valence electrons. The summed E-state index contributed by atoms with van der Waals surface area (Å²) < 4.78 is 0. The molecule has 0 spiro atoms. The van der Waals surface area contributed by atoms with Gasteiger partial charge in [0.25, 0.3) is 0 Å². The molecule has 0 radical (unpaired) electrons. The largest absolute Gasteiger partial charge is 0.168 e. The zero-order valence-corrected chi connectivity index (χ0v) is 12.4. The Kier molecular flexibility index (Phi) is 8.64. The van der Waals surface area contributed by atoms with Gasteiger partial charge in [-0.2, -0.15) is 17.5 Å². The van der Waals surface area contributed by atoms with Gasteiger partial charge in [0.1, 0.15) is 0 Å². The fourth-order valence-electron chi connectivity index (χ4n) is 1.44. The minimum atomic E-state index is -0.556. The second-order valence-electron chi connectivity index (χ2n) is 3.31. The second kappa shape index (κ2) is 9.85. The van der Waals surface area contributed by atoms with Gasteiger partial charge in [-0.1, -0.05) is 6.07 Å². The average molecular weight is 300 g/mol. The van der Waals surface area contributed by atoms with Crippen LogP contribution in [0.2, 0.25) is 6.32 Å². The Labute approximate surface area is 119 Å². The predicted molar refractivity (Wildman–Crippen MR) is 76.1 cm³/mol. The first-order valence-corrected chi connectivity index (χ1v) is 9.56. The number of benzene rings is 1. The van der Waals surface area contributed by atoms with E-state index in [9.17, 15) is 0 Å². The number of hydrogen-bond donors (Lipinski definition) is 0. The summed E-state index contributed by atoms with van der Waals surface area (Å²) in [7, 11) is 9.78. The molecule has 1 aliphatic rings. The van der Waals surface area contributed by atoms with Crippen molar-refractivity contribution in [2.45, 2.75) is 6.32 Å². The smallest absolute Gasteiger partial charge is 0.0809 e. The van der Waals surface area contributed by atoms with E-state index in [0.29, 0.717) is 0 Å². The number of hydrogen-bond acceptors (Lipinski definition) is 0. The Morgan fingerprint density at radius 3 is 2.53 bits per heavy atom. The molecule has 17 heavy (non-hydrogen) atoms. The molecule has 0 atom stereocenters. The first-order valence-electron chi connectivity index (χ1n) is 5.27. The zero-order valence-electron chi connectivity index (χ0n) is 9.31. The van der Waals surface area contributed by atoms with Crippen LogP contribution in [0.25, 0.3) is 16.1 Å². The van der Waals surface area contributed by atoms with Gasteiger partial charge in [-0.05, 0) is 0 Å². The number of fused-ring (bicyclic) bond motifs is 1. The fraction of sp³-hybridized carbons (Fsp3) is 0.167. The Morgan fingerprint density at radius 2 is 2.00 bits per heavy atom. The van der Waals surface area contributed by atoms with E-state index in [-0.39, 0.29) is 0 Å². The molecule has 0 saturated heterocycles. The normalized spacial score (nSPS) is 11.4. The van der Waals surface area contributed by atoms with Crippen LogP contribution in [-0.4, -0.2) is 19.6 Å². The van der Waals surface area contributed by atoms with E-state index >= 15 is 0 Å².